The number of ether oxygens (including phenoxy) is 2. The molecule has 15 heavy (non-hydrogen) atoms. The summed E-state index contributed by atoms with van der Waals surface area (Å²) in [4.78, 5) is 0. The van der Waals surface area contributed by atoms with Gasteiger partial charge in [-0.1, -0.05) is 32.6 Å². The fraction of sp³-hybridized carbons (Fsp3) is 1.00. The molecule has 0 fully saturated rings. The molecule has 0 aliphatic carbocycles. The van der Waals surface area contributed by atoms with Crippen LogP contribution in [0.2, 0.25) is 0 Å². The Morgan fingerprint density at radius 3 is 2.27 bits per heavy atom. The van der Waals surface area contributed by atoms with Crippen LogP contribution in [-0.4, -0.2) is 25.4 Å². The molecule has 2 nitrogen and oxygen atoms in total. The zero-order valence-electron chi connectivity index (χ0n) is 11.0. The van der Waals surface area contributed by atoms with Crippen LogP contribution >= 0.6 is 0 Å². The first-order chi connectivity index (χ1) is 7.12. The highest BCUT2D eigenvalue weighted by Crippen LogP contribution is 2.18. The van der Waals surface area contributed by atoms with Crippen LogP contribution in [0, 0.1) is 0 Å². The van der Waals surface area contributed by atoms with Crippen LogP contribution < -0.4 is 0 Å². The molecule has 0 radical (unpaired) electrons. The third-order valence-corrected chi connectivity index (χ3v) is 2.56. The van der Waals surface area contributed by atoms with Gasteiger partial charge in [0.1, 0.15) is 0 Å². The summed E-state index contributed by atoms with van der Waals surface area (Å²) >= 11 is 0. The molecule has 0 bridgehead atoms. The number of unbranched alkanes of at least 4 members (excludes halogenated alkanes) is 3. The minimum absolute atomic E-state index is 0.0187. The summed E-state index contributed by atoms with van der Waals surface area (Å²) in [5.41, 5.74) is 0.0187. The van der Waals surface area contributed by atoms with E-state index in [1.807, 2.05) is 6.92 Å². The Labute approximate surface area is 95.3 Å². The summed E-state index contributed by atoms with van der Waals surface area (Å²) in [6.07, 6.45) is 6.39. The maximum atomic E-state index is 5.79. The van der Waals surface area contributed by atoms with E-state index >= 15 is 0 Å². The highest BCUT2D eigenvalue weighted by molar-refractivity contribution is 4.68. The van der Waals surface area contributed by atoms with Crippen molar-refractivity contribution in [1.29, 1.82) is 0 Å². The zero-order valence-corrected chi connectivity index (χ0v) is 11.0. The molecule has 0 heterocycles. The first-order valence-corrected chi connectivity index (χ1v) is 6.34. The van der Waals surface area contributed by atoms with Crippen molar-refractivity contribution in [3.05, 3.63) is 0 Å². The fourth-order valence-electron chi connectivity index (χ4n) is 1.57. The molecule has 92 valence electrons. The Morgan fingerprint density at radius 2 is 1.67 bits per heavy atom. The van der Waals surface area contributed by atoms with E-state index in [9.17, 15) is 0 Å². The standard InChI is InChI=1S/C13H28O2/c1-5-7-8-9-10-13(3,4)15-12-11-14-6-2/h5-12H2,1-4H3. The van der Waals surface area contributed by atoms with Gasteiger partial charge in [-0.2, -0.15) is 0 Å². The summed E-state index contributed by atoms with van der Waals surface area (Å²) in [7, 11) is 0. The molecule has 0 N–H and O–H groups in total. The average molecular weight is 216 g/mol. The van der Waals surface area contributed by atoms with Gasteiger partial charge in [0.15, 0.2) is 0 Å². The maximum Gasteiger partial charge on any atom is 0.0707 e. The molecular weight excluding hydrogens is 188 g/mol. The Balaban J connectivity index is 3.40. The van der Waals surface area contributed by atoms with E-state index in [4.69, 9.17) is 9.47 Å². The molecule has 0 saturated heterocycles. The minimum Gasteiger partial charge on any atom is -0.379 e. The van der Waals surface area contributed by atoms with Gasteiger partial charge in [-0.3, -0.25) is 0 Å². The van der Waals surface area contributed by atoms with E-state index in [2.05, 4.69) is 20.8 Å². The van der Waals surface area contributed by atoms with Crippen molar-refractivity contribution in [2.45, 2.75) is 65.4 Å². The van der Waals surface area contributed by atoms with Crippen molar-refractivity contribution in [3.8, 4) is 0 Å². The van der Waals surface area contributed by atoms with Gasteiger partial charge in [-0.05, 0) is 27.2 Å². The molecule has 0 aromatic carbocycles. The highest BCUT2D eigenvalue weighted by atomic mass is 16.5. The highest BCUT2D eigenvalue weighted by Gasteiger charge is 2.17. The molecule has 2 heteroatoms. The van der Waals surface area contributed by atoms with E-state index in [-0.39, 0.29) is 5.60 Å². The van der Waals surface area contributed by atoms with E-state index in [0.717, 1.165) is 19.6 Å². The zero-order chi connectivity index (χ0) is 11.6. The quantitative estimate of drug-likeness (QED) is 0.517. The molecule has 0 aromatic heterocycles. The molecule has 0 unspecified atom stereocenters. The lowest BCUT2D eigenvalue weighted by Crippen LogP contribution is -2.26. The van der Waals surface area contributed by atoms with E-state index in [0.29, 0.717) is 6.61 Å². The van der Waals surface area contributed by atoms with Crippen molar-refractivity contribution in [1.82, 2.24) is 0 Å². The Kier molecular flexibility index (Phi) is 9.12. The normalized spacial score (nSPS) is 12.0. The summed E-state index contributed by atoms with van der Waals surface area (Å²) in [5.74, 6) is 0. The Bertz CT molecular complexity index is 118. The van der Waals surface area contributed by atoms with Gasteiger partial charge in [0.25, 0.3) is 0 Å². The van der Waals surface area contributed by atoms with Crippen LogP contribution in [-0.2, 0) is 9.47 Å². The predicted octanol–water partition coefficient (Wildman–Crippen LogP) is 3.79. The lowest BCUT2D eigenvalue weighted by Gasteiger charge is -2.25. The topological polar surface area (TPSA) is 18.5 Å². The first kappa shape index (κ1) is 14.9. The molecule has 0 spiro atoms. The Morgan fingerprint density at radius 1 is 0.933 bits per heavy atom. The molecule has 0 amide bonds. The van der Waals surface area contributed by atoms with Crippen molar-refractivity contribution in [3.63, 3.8) is 0 Å². The molecule has 0 rings (SSSR count). The number of hydrogen-bond acceptors (Lipinski definition) is 2. The van der Waals surface area contributed by atoms with Crippen LogP contribution in [0.4, 0.5) is 0 Å². The van der Waals surface area contributed by atoms with Crippen LogP contribution in [0.15, 0.2) is 0 Å². The monoisotopic (exact) mass is 216 g/mol. The summed E-state index contributed by atoms with van der Waals surface area (Å²) in [6, 6.07) is 0. The van der Waals surface area contributed by atoms with Gasteiger partial charge in [0.05, 0.1) is 18.8 Å². The SMILES string of the molecule is CCCCCCC(C)(C)OCCOCC. The van der Waals surface area contributed by atoms with Crippen molar-refractivity contribution in [2.75, 3.05) is 19.8 Å². The van der Waals surface area contributed by atoms with Gasteiger partial charge in [0, 0.05) is 6.61 Å². The van der Waals surface area contributed by atoms with E-state index in [1.54, 1.807) is 0 Å². The summed E-state index contributed by atoms with van der Waals surface area (Å²) in [5, 5.41) is 0. The molecular formula is C13H28O2. The largest absolute Gasteiger partial charge is 0.379 e. The van der Waals surface area contributed by atoms with E-state index in [1.165, 1.54) is 25.7 Å². The van der Waals surface area contributed by atoms with Gasteiger partial charge < -0.3 is 9.47 Å². The summed E-state index contributed by atoms with van der Waals surface area (Å²) < 4.78 is 11.0. The molecule has 0 aromatic rings. The molecule has 0 aliphatic heterocycles. The van der Waals surface area contributed by atoms with Gasteiger partial charge in [0.2, 0.25) is 0 Å². The van der Waals surface area contributed by atoms with Crippen LogP contribution in [0.5, 0.6) is 0 Å². The fourth-order valence-corrected chi connectivity index (χ4v) is 1.57. The van der Waals surface area contributed by atoms with Gasteiger partial charge in [-0.25, -0.2) is 0 Å². The second-order valence-corrected chi connectivity index (χ2v) is 4.62. The van der Waals surface area contributed by atoms with Gasteiger partial charge in [-0.15, -0.1) is 0 Å². The van der Waals surface area contributed by atoms with E-state index < -0.39 is 0 Å². The molecule has 0 saturated carbocycles. The van der Waals surface area contributed by atoms with Crippen molar-refractivity contribution < 1.29 is 9.47 Å². The minimum atomic E-state index is 0.0187. The molecule has 0 aliphatic rings. The smallest absolute Gasteiger partial charge is 0.0707 e. The lowest BCUT2D eigenvalue weighted by molar-refractivity contribution is -0.0500. The van der Waals surface area contributed by atoms with Crippen LogP contribution in [0.3, 0.4) is 0 Å². The number of hydrogen-bond donors (Lipinski definition) is 0. The van der Waals surface area contributed by atoms with Gasteiger partial charge >= 0.3 is 0 Å². The third-order valence-electron chi connectivity index (χ3n) is 2.56. The molecule has 0 atom stereocenters. The second-order valence-electron chi connectivity index (χ2n) is 4.62. The average Bonchev–Trinajstić information content (AvgIpc) is 2.20. The lowest BCUT2D eigenvalue weighted by atomic mass is 10.00. The second kappa shape index (κ2) is 9.17. The first-order valence-electron chi connectivity index (χ1n) is 6.34. The van der Waals surface area contributed by atoms with Crippen LogP contribution in [0.25, 0.3) is 0 Å². The van der Waals surface area contributed by atoms with Crippen molar-refractivity contribution in [2.24, 2.45) is 0 Å². The van der Waals surface area contributed by atoms with Crippen LogP contribution in [0.1, 0.15) is 59.8 Å². The number of rotatable bonds is 10. The summed E-state index contributed by atoms with van der Waals surface area (Å²) in [6.45, 7) is 10.8. The Hall–Kier alpha value is -0.0800. The maximum absolute atomic E-state index is 5.79. The predicted molar refractivity (Wildman–Crippen MR) is 65.3 cm³/mol. The van der Waals surface area contributed by atoms with Crippen molar-refractivity contribution >= 4 is 0 Å². The third kappa shape index (κ3) is 10.2.